The lowest BCUT2D eigenvalue weighted by atomic mass is 9.87. The fraction of sp³-hybridized carbons (Fsp3) is 0.450. The van der Waals surface area contributed by atoms with Gasteiger partial charge in [-0.2, -0.15) is 5.26 Å². The molecule has 2 N–H and O–H groups in total. The number of rotatable bonds is 7. The zero-order chi connectivity index (χ0) is 20.8. The molecule has 2 heterocycles. The third kappa shape index (κ3) is 5.44. The van der Waals surface area contributed by atoms with E-state index in [2.05, 4.69) is 16.7 Å². The van der Waals surface area contributed by atoms with Crippen LogP contribution >= 0.6 is 23.4 Å². The maximum atomic E-state index is 12.2. The second kappa shape index (κ2) is 10.0. The van der Waals surface area contributed by atoms with Gasteiger partial charge in [0.2, 0.25) is 11.8 Å². The Hall–Kier alpha value is -2.21. The van der Waals surface area contributed by atoms with E-state index in [0.717, 1.165) is 36.8 Å². The van der Waals surface area contributed by atoms with Crippen molar-refractivity contribution in [1.29, 1.82) is 5.26 Å². The molecule has 0 saturated carbocycles. The van der Waals surface area contributed by atoms with Gasteiger partial charge in [-0.25, -0.2) is 0 Å². The Morgan fingerprint density at radius 3 is 3.00 bits per heavy atom. The molecule has 7 nitrogen and oxygen atoms in total. The molecule has 0 unspecified atom stereocenters. The van der Waals surface area contributed by atoms with Crippen LogP contribution in [0.3, 0.4) is 0 Å². The lowest BCUT2D eigenvalue weighted by Gasteiger charge is -2.25. The number of thioether (sulfide) groups is 1. The maximum absolute atomic E-state index is 12.2. The molecule has 0 aliphatic carbocycles. The highest BCUT2D eigenvalue weighted by Gasteiger charge is 2.30. The van der Waals surface area contributed by atoms with E-state index in [4.69, 9.17) is 21.1 Å². The number of allylic oxidation sites excluding steroid dienone is 1. The van der Waals surface area contributed by atoms with Crippen LogP contribution in [-0.2, 0) is 14.3 Å². The molecule has 1 saturated heterocycles. The van der Waals surface area contributed by atoms with Crippen LogP contribution < -0.4 is 15.4 Å². The van der Waals surface area contributed by atoms with E-state index in [9.17, 15) is 14.9 Å². The highest BCUT2D eigenvalue weighted by atomic mass is 35.5. The topological polar surface area (TPSA) is 100 Å². The third-order valence-electron chi connectivity index (χ3n) is 4.83. The zero-order valence-electron chi connectivity index (χ0n) is 16.0. The van der Waals surface area contributed by atoms with Gasteiger partial charge in [0.05, 0.1) is 40.7 Å². The van der Waals surface area contributed by atoms with E-state index in [1.54, 1.807) is 18.2 Å². The lowest BCUT2D eigenvalue weighted by Crippen LogP contribution is -2.34. The van der Waals surface area contributed by atoms with Gasteiger partial charge in [0, 0.05) is 25.5 Å². The Labute approximate surface area is 178 Å². The van der Waals surface area contributed by atoms with Gasteiger partial charge in [0.1, 0.15) is 5.75 Å². The number of benzene rings is 1. The molecule has 1 fully saturated rings. The normalized spacial score (nSPS) is 21.5. The summed E-state index contributed by atoms with van der Waals surface area (Å²) >= 11 is 7.36. The van der Waals surface area contributed by atoms with E-state index in [1.807, 2.05) is 0 Å². The first kappa shape index (κ1) is 21.5. The summed E-state index contributed by atoms with van der Waals surface area (Å²) in [5, 5.41) is 16.1. The molecular formula is C20H22ClN3O4S. The van der Waals surface area contributed by atoms with Crippen molar-refractivity contribution < 1.29 is 19.1 Å². The van der Waals surface area contributed by atoms with Gasteiger partial charge in [-0.3, -0.25) is 9.59 Å². The summed E-state index contributed by atoms with van der Waals surface area (Å²) in [6, 6.07) is 7.40. The molecule has 1 aromatic carbocycles. The minimum Gasteiger partial charge on any atom is -0.495 e. The van der Waals surface area contributed by atoms with Crippen LogP contribution in [0.1, 0.15) is 30.7 Å². The summed E-state index contributed by atoms with van der Waals surface area (Å²) < 4.78 is 10.6. The molecule has 0 radical (unpaired) electrons. The first-order valence-electron chi connectivity index (χ1n) is 9.30. The predicted molar refractivity (Wildman–Crippen MR) is 111 cm³/mol. The number of hydrogen-bond acceptors (Lipinski definition) is 6. The van der Waals surface area contributed by atoms with Crippen molar-refractivity contribution >= 4 is 35.2 Å². The van der Waals surface area contributed by atoms with E-state index >= 15 is 0 Å². The summed E-state index contributed by atoms with van der Waals surface area (Å²) in [6.45, 7) is 1.21. The van der Waals surface area contributed by atoms with Crippen LogP contribution in [0.4, 0.5) is 0 Å². The lowest BCUT2D eigenvalue weighted by molar-refractivity contribution is -0.121. The van der Waals surface area contributed by atoms with Gasteiger partial charge < -0.3 is 20.1 Å². The van der Waals surface area contributed by atoms with Gasteiger partial charge in [0.15, 0.2) is 0 Å². The van der Waals surface area contributed by atoms with Crippen molar-refractivity contribution in [2.75, 3.05) is 26.0 Å². The van der Waals surface area contributed by atoms with Crippen molar-refractivity contribution in [3.05, 3.63) is 39.4 Å². The van der Waals surface area contributed by atoms with Crippen LogP contribution in [-0.4, -0.2) is 43.9 Å². The van der Waals surface area contributed by atoms with Crippen molar-refractivity contribution in [2.24, 2.45) is 0 Å². The van der Waals surface area contributed by atoms with Crippen LogP contribution in [0, 0.1) is 11.3 Å². The smallest absolute Gasteiger partial charge is 0.230 e. The zero-order valence-corrected chi connectivity index (χ0v) is 17.6. The molecule has 0 bridgehead atoms. The highest BCUT2D eigenvalue weighted by molar-refractivity contribution is 8.03. The number of nitrogens with one attached hydrogen (secondary N) is 2. The quantitative estimate of drug-likeness (QED) is 0.683. The second-order valence-electron chi connectivity index (χ2n) is 6.78. The molecule has 154 valence electrons. The molecule has 3 rings (SSSR count). The Kier molecular flexibility index (Phi) is 7.42. The van der Waals surface area contributed by atoms with Gasteiger partial charge in [0.25, 0.3) is 0 Å². The molecule has 2 amide bonds. The molecule has 0 spiro atoms. The van der Waals surface area contributed by atoms with E-state index in [0.29, 0.717) is 27.9 Å². The van der Waals surface area contributed by atoms with Crippen molar-refractivity contribution in [3.8, 4) is 11.8 Å². The summed E-state index contributed by atoms with van der Waals surface area (Å²) in [7, 11) is 1.52. The number of carbonyl (C=O) groups excluding carboxylic acids is 2. The average molecular weight is 436 g/mol. The number of carbonyl (C=O) groups is 2. The Balaban J connectivity index is 1.70. The number of amides is 2. The Morgan fingerprint density at radius 1 is 1.52 bits per heavy atom. The maximum Gasteiger partial charge on any atom is 0.230 e. The van der Waals surface area contributed by atoms with Gasteiger partial charge in [-0.15, -0.1) is 0 Å². The molecule has 9 heteroatoms. The number of nitriles is 1. The minimum absolute atomic E-state index is 0.0661. The van der Waals surface area contributed by atoms with E-state index < -0.39 is 5.92 Å². The predicted octanol–water partition coefficient (Wildman–Crippen LogP) is 2.72. The molecule has 1 aromatic rings. The van der Waals surface area contributed by atoms with Crippen molar-refractivity contribution in [2.45, 2.75) is 31.3 Å². The first-order chi connectivity index (χ1) is 14.0. The highest BCUT2D eigenvalue weighted by Crippen LogP contribution is 2.38. The number of methoxy groups -OCH3 is 1. The number of ether oxygens (including phenoxy) is 2. The molecule has 2 aliphatic rings. The summed E-state index contributed by atoms with van der Waals surface area (Å²) in [5.41, 5.74) is 1.17. The number of hydrogen-bond donors (Lipinski definition) is 2. The van der Waals surface area contributed by atoms with Crippen LogP contribution in [0.2, 0.25) is 5.02 Å². The Morgan fingerprint density at radius 2 is 2.34 bits per heavy atom. The minimum atomic E-state index is -0.422. The third-order valence-corrected chi connectivity index (χ3v) is 6.15. The monoisotopic (exact) mass is 435 g/mol. The van der Waals surface area contributed by atoms with Gasteiger partial charge in [-0.1, -0.05) is 29.4 Å². The molecule has 0 aromatic heterocycles. The molecule has 2 aliphatic heterocycles. The van der Waals surface area contributed by atoms with Gasteiger partial charge in [-0.05, 0) is 30.5 Å². The second-order valence-corrected chi connectivity index (χ2v) is 8.17. The SMILES string of the molecule is COc1ccc([C@H]2CC(=O)NC(SCC(=O)NC[C@H]3CCCO3)=C2C#N)cc1Cl. The van der Waals surface area contributed by atoms with Crippen LogP contribution in [0.5, 0.6) is 5.75 Å². The van der Waals surface area contributed by atoms with Gasteiger partial charge >= 0.3 is 0 Å². The van der Waals surface area contributed by atoms with Crippen LogP contribution in [0.15, 0.2) is 28.8 Å². The number of halogens is 1. The van der Waals surface area contributed by atoms with E-state index in [-0.39, 0.29) is 30.1 Å². The first-order valence-corrected chi connectivity index (χ1v) is 10.7. The summed E-state index contributed by atoms with van der Waals surface area (Å²) in [6.07, 6.45) is 2.16. The summed E-state index contributed by atoms with van der Waals surface area (Å²) in [5.74, 6) is -0.170. The van der Waals surface area contributed by atoms with Crippen LogP contribution in [0.25, 0.3) is 0 Å². The standard InChI is InChI=1S/C20H22ClN3O4S/c1-27-17-5-4-12(7-16(17)21)14-8-18(25)24-20(15(14)9-22)29-11-19(26)23-10-13-3-2-6-28-13/h4-5,7,13-14H,2-3,6,8,10-11H2,1H3,(H,23,26)(H,24,25)/t13-,14-/m1/s1. The summed E-state index contributed by atoms with van der Waals surface area (Å²) in [4.78, 5) is 24.4. The van der Waals surface area contributed by atoms with Crippen molar-refractivity contribution in [1.82, 2.24) is 10.6 Å². The van der Waals surface area contributed by atoms with Crippen molar-refractivity contribution in [3.63, 3.8) is 0 Å². The van der Waals surface area contributed by atoms with E-state index in [1.165, 1.54) is 7.11 Å². The molecule has 2 atom stereocenters. The fourth-order valence-electron chi connectivity index (χ4n) is 3.34. The fourth-order valence-corrected chi connectivity index (χ4v) is 4.51. The molecular weight excluding hydrogens is 414 g/mol. The number of nitrogens with zero attached hydrogens (tertiary/aromatic N) is 1. The average Bonchev–Trinajstić information content (AvgIpc) is 3.23. The Bertz CT molecular complexity index is 862. The largest absolute Gasteiger partial charge is 0.495 e. The molecule has 29 heavy (non-hydrogen) atoms.